The van der Waals surface area contributed by atoms with Crippen LogP contribution in [0.15, 0.2) is 60.7 Å². The number of hydrogen-bond acceptors (Lipinski definition) is 3. The molecule has 2 rings (SSSR count). The average molecular weight is 268 g/mol. The van der Waals surface area contributed by atoms with E-state index in [0.717, 1.165) is 5.56 Å². The van der Waals surface area contributed by atoms with Crippen LogP contribution in [0.1, 0.15) is 22.3 Å². The molecule has 0 unspecified atom stereocenters. The number of Topliss-reactive ketones (excluding diaryl/α,β-unsaturated/α-hetero) is 1. The van der Waals surface area contributed by atoms with Crippen molar-refractivity contribution in [2.24, 2.45) is 0 Å². The Hall–Kier alpha value is -2.42. The molecule has 2 aromatic carbocycles. The Labute approximate surface area is 118 Å². The number of carbonyl (C=O) groups is 2. The van der Waals surface area contributed by atoms with Gasteiger partial charge in [0.15, 0.2) is 5.78 Å². The molecule has 0 aliphatic rings. The third-order valence-electron chi connectivity index (χ3n) is 2.88. The number of ketones is 1. The fourth-order valence-electron chi connectivity index (χ4n) is 1.84. The molecule has 0 aliphatic carbocycles. The Morgan fingerprint density at radius 2 is 1.45 bits per heavy atom. The van der Waals surface area contributed by atoms with Crippen LogP contribution in [0.5, 0.6) is 0 Å². The maximum atomic E-state index is 11.8. The summed E-state index contributed by atoms with van der Waals surface area (Å²) in [6.07, 6.45) is 0.449. The molecule has 0 saturated heterocycles. The van der Waals surface area contributed by atoms with Crippen molar-refractivity contribution < 1.29 is 14.3 Å². The van der Waals surface area contributed by atoms with Gasteiger partial charge in [-0.1, -0.05) is 60.7 Å². The average Bonchev–Trinajstić information content (AvgIpc) is 2.49. The van der Waals surface area contributed by atoms with Gasteiger partial charge in [0.2, 0.25) is 0 Å². The topological polar surface area (TPSA) is 43.4 Å². The second-order valence-electron chi connectivity index (χ2n) is 4.42. The lowest BCUT2D eigenvalue weighted by Crippen LogP contribution is -2.12. The summed E-state index contributed by atoms with van der Waals surface area (Å²) >= 11 is 0. The summed E-state index contributed by atoms with van der Waals surface area (Å²) in [5, 5.41) is 0. The SMILES string of the molecule is O=C(Cc1ccccc1)OCCC(=O)c1ccccc1. The summed E-state index contributed by atoms with van der Waals surface area (Å²) in [7, 11) is 0. The number of ether oxygens (including phenoxy) is 1. The molecule has 0 saturated carbocycles. The molecule has 0 amide bonds. The van der Waals surface area contributed by atoms with Gasteiger partial charge in [-0.25, -0.2) is 0 Å². The van der Waals surface area contributed by atoms with Crippen LogP contribution in [0.3, 0.4) is 0 Å². The molecule has 0 bridgehead atoms. The van der Waals surface area contributed by atoms with Gasteiger partial charge in [0.1, 0.15) is 0 Å². The Morgan fingerprint density at radius 1 is 0.850 bits per heavy atom. The van der Waals surface area contributed by atoms with Gasteiger partial charge in [0.05, 0.1) is 13.0 Å². The number of carbonyl (C=O) groups excluding carboxylic acids is 2. The molecular weight excluding hydrogens is 252 g/mol. The first-order valence-corrected chi connectivity index (χ1v) is 6.53. The summed E-state index contributed by atoms with van der Waals surface area (Å²) in [5.41, 5.74) is 1.55. The predicted octanol–water partition coefficient (Wildman–Crippen LogP) is 3.05. The minimum atomic E-state index is -0.308. The molecule has 0 fully saturated rings. The molecule has 0 spiro atoms. The molecule has 102 valence electrons. The van der Waals surface area contributed by atoms with Crippen LogP contribution in [0.25, 0.3) is 0 Å². The first-order chi connectivity index (χ1) is 9.75. The number of benzene rings is 2. The van der Waals surface area contributed by atoms with E-state index in [0.29, 0.717) is 5.56 Å². The largest absolute Gasteiger partial charge is 0.465 e. The van der Waals surface area contributed by atoms with Gasteiger partial charge in [-0.05, 0) is 5.56 Å². The number of hydrogen-bond donors (Lipinski definition) is 0. The smallest absolute Gasteiger partial charge is 0.310 e. The molecule has 0 atom stereocenters. The maximum absolute atomic E-state index is 11.8. The van der Waals surface area contributed by atoms with Crippen molar-refractivity contribution in [2.45, 2.75) is 12.8 Å². The number of esters is 1. The van der Waals surface area contributed by atoms with E-state index < -0.39 is 0 Å². The third-order valence-corrected chi connectivity index (χ3v) is 2.88. The summed E-state index contributed by atoms with van der Waals surface area (Å²) in [4.78, 5) is 23.4. The fraction of sp³-hybridized carbons (Fsp3) is 0.176. The van der Waals surface area contributed by atoms with Gasteiger partial charge in [0.25, 0.3) is 0 Å². The lowest BCUT2D eigenvalue weighted by Gasteiger charge is -2.04. The van der Waals surface area contributed by atoms with Crippen LogP contribution < -0.4 is 0 Å². The third kappa shape index (κ3) is 4.35. The molecule has 2 aromatic rings. The van der Waals surface area contributed by atoms with Crippen molar-refractivity contribution in [3.05, 3.63) is 71.8 Å². The second kappa shape index (κ2) is 7.24. The van der Waals surface area contributed by atoms with E-state index in [-0.39, 0.29) is 31.2 Å². The predicted molar refractivity (Wildman–Crippen MR) is 76.5 cm³/mol. The van der Waals surface area contributed by atoms with E-state index in [1.807, 2.05) is 48.5 Å². The van der Waals surface area contributed by atoms with Crippen LogP contribution in [0, 0.1) is 0 Å². The zero-order valence-corrected chi connectivity index (χ0v) is 11.1. The maximum Gasteiger partial charge on any atom is 0.310 e. The van der Waals surface area contributed by atoms with E-state index >= 15 is 0 Å². The lowest BCUT2D eigenvalue weighted by molar-refractivity contribution is -0.142. The first kappa shape index (κ1) is 14.0. The molecule has 3 heteroatoms. The van der Waals surface area contributed by atoms with E-state index in [2.05, 4.69) is 0 Å². The fourth-order valence-corrected chi connectivity index (χ4v) is 1.84. The van der Waals surface area contributed by atoms with Crippen molar-refractivity contribution in [1.29, 1.82) is 0 Å². The minimum absolute atomic E-state index is 0.0156. The Balaban J connectivity index is 1.73. The van der Waals surface area contributed by atoms with Gasteiger partial charge in [-0.3, -0.25) is 9.59 Å². The second-order valence-corrected chi connectivity index (χ2v) is 4.42. The zero-order chi connectivity index (χ0) is 14.2. The molecule has 0 radical (unpaired) electrons. The highest BCUT2D eigenvalue weighted by molar-refractivity contribution is 5.96. The monoisotopic (exact) mass is 268 g/mol. The molecule has 20 heavy (non-hydrogen) atoms. The van der Waals surface area contributed by atoms with Crippen molar-refractivity contribution in [2.75, 3.05) is 6.61 Å². The summed E-state index contributed by atoms with van der Waals surface area (Å²) in [6.45, 7) is 0.124. The van der Waals surface area contributed by atoms with E-state index in [4.69, 9.17) is 4.74 Å². The van der Waals surface area contributed by atoms with Crippen molar-refractivity contribution in [3.8, 4) is 0 Å². The van der Waals surface area contributed by atoms with Gasteiger partial charge >= 0.3 is 5.97 Å². The van der Waals surface area contributed by atoms with Crippen molar-refractivity contribution in [1.82, 2.24) is 0 Å². The van der Waals surface area contributed by atoms with Crippen LogP contribution in [-0.4, -0.2) is 18.4 Å². The molecule has 0 N–H and O–H groups in total. The summed E-state index contributed by atoms with van der Waals surface area (Å²) < 4.78 is 5.08. The van der Waals surface area contributed by atoms with Crippen LogP contribution >= 0.6 is 0 Å². The minimum Gasteiger partial charge on any atom is -0.465 e. The molecule has 0 aromatic heterocycles. The molecule has 0 aliphatic heterocycles. The zero-order valence-electron chi connectivity index (χ0n) is 11.1. The van der Waals surface area contributed by atoms with E-state index in [1.165, 1.54) is 0 Å². The Morgan fingerprint density at radius 3 is 2.10 bits per heavy atom. The van der Waals surface area contributed by atoms with Crippen molar-refractivity contribution in [3.63, 3.8) is 0 Å². The van der Waals surface area contributed by atoms with Gasteiger partial charge in [-0.15, -0.1) is 0 Å². The van der Waals surface area contributed by atoms with Gasteiger partial charge in [0, 0.05) is 12.0 Å². The summed E-state index contributed by atoms with van der Waals surface area (Å²) in [6, 6.07) is 18.4. The number of rotatable bonds is 6. The van der Waals surface area contributed by atoms with Crippen LogP contribution in [-0.2, 0) is 16.0 Å². The standard InChI is InChI=1S/C17H16O3/c18-16(15-9-5-2-6-10-15)11-12-20-17(19)13-14-7-3-1-4-8-14/h1-10H,11-13H2. The Kier molecular flexibility index (Phi) is 5.07. The summed E-state index contributed by atoms with van der Waals surface area (Å²) in [5.74, 6) is -0.324. The highest BCUT2D eigenvalue weighted by Gasteiger charge is 2.08. The van der Waals surface area contributed by atoms with E-state index in [1.54, 1.807) is 12.1 Å². The van der Waals surface area contributed by atoms with E-state index in [9.17, 15) is 9.59 Å². The van der Waals surface area contributed by atoms with Crippen LogP contribution in [0.2, 0.25) is 0 Å². The Bertz CT molecular complexity index is 561. The lowest BCUT2D eigenvalue weighted by atomic mass is 10.1. The molecule has 0 heterocycles. The van der Waals surface area contributed by atoms with Crippen molar-refractivity contribution >= 4 is 11.8 Å². The normalized spacial score (nSPS) is 10.0. The molecular formula is C17H16O3. The quantitative estimate of drug-likeness (QED) is 0.597. The first-order valence-electron chi connectivity index (χ1n) is 6.53. The van der Waals surface area contributed by atoms with Crippen LogP contribution in [0.4, 0.5) is 0 Å². The van der Waals surface area contributed by atoms with Gasteiger partial charge < -0.3 is 4.74 Å². The highest BCUT2D eigenvalue weighted by Crippen LogP contribution is 2.04. The molecule has 3 nitrogen and oxygen atoms in total. The highest BCUT2D eigenvalue weighted by atomic mass is 16.5. The van der Waals surface area contributed by atoms with Gasteiger partial charge in [-0.2, -0.15) is 0 Å².